The standard InChI is InChI=1S/C18H16N2O2S2/c1-2-15(21)12-7-9-13(10-8-12)19-17(22)11-23-18-20-14-5-3-4-6-16(14)24-18/h3-10H,2,11H2,1H3,(H,19,22). The van der Waals surface area contributed by atoms with Gasteiger partial charge in [-0.15, -0.1) is 11.3 Å². The third-order valence-corrected chi connectivity index (χ3v) is 5.59. The molecule has 0 fully saturated rings. The van der Waals surface area contributed by atoms with Gasteiger partial charge in [0.2, 0.25) is 5.91 Å². The molecule has 122 valence electrons. The first kappa shape index (κ1) is 16.7. The molecule has 0 bridgehead atoms. The number of ketones is 1. The molecule has 6 heteroatoms. The molecule has 1 heterocycles. The normalized spacial score (nSPS) is 10.7. The number of Topliss-reactive ketones (excluding diaryl/α,β-unsaturated/α-hetero) is 1. The number of rotatable bonds is 6. The molecule has 0 aliphatic heterocycles. The van der Waals surface area contributed by atoms with E-state index < -0.39 is 0 Å². The number of benzene rings is 2. The quantitative estimate of drug-likeness (QED) is 0.517. The molecular formula is C18H16N2O2S2. The van der Waals surface area contributed by atoms with Gasteiger partial charge in [-0.25, -0.2) is 4.98 Å². The van der Waals surface area contributed by atoms with E-state index in [9.17, 15) is 9.59 Å². The van der Waals surface area contributed by atoms with E-state index in [0.29, 0.717) is 23.4 Å². The number of nitrogens with zero attached hydrogens (tertiary/aromatic N) is 1. The summed E-state index contributed by atoms with van der Waals surface area (Å²) in [5.74, 6) is 0.309. The Hall–Kier alpha value is -2.18. The first-order valence-corrected chi connectivity index (χ1v) is 9.37. The number of para-hydroxylation sites is 1. The van der Waals surface area contributed by atoms with E-state index >= 15 is 0 Å². The maximum atomic E-state index is 12.1. The number of aromatic nitrogens is 1. The molecule has 24 heavy (non-hydrogen) atoms. The van der Waals surface area contributed by atoms with E-state index in [1.165, 1.54) is 11.8 Å². The Labute approximate surface area is 148 Å². The number of nitrogens with one attached hydrogen (secondary N) is 1. The second kappa shape index (κ2) is 7.59. The third-order valence-electron chi connectivity index (χ3n) is 3.41. The Balaban J connectivity index is 1.56. The molecule has 0 unspecified atom stereocenters. The maximum Gasteiger partial charge on any atom is 0.234 e. The highest BCUT2D eigenvalue weighted by Crippen LogP contribution is 2.29. The number of carbonyl (C=O) groups is 2. The van der Waals surface area contributed by atoms with Gasteiger partial charge in [-0.3, -0.25) is 9.59 Å². The first-order chi connectivity index (χ1) is 11.7. The number of hydrogen-bond donors (Lipinski definition) is 1. The van der Waals surface area contributed by atoms with E-state index in [1.54, 1.807) is 35.6 Å². The van der Waals surface area contributed by atoms with Crippen LogP contribution < -0.4 is 5.32 Å². The Morgan fingerprint density at radius 3 is 2.58 bits per heavy atom. The molecule has 0 aliphatic rings. The second-order valence-corrected chi connectivity index (χ2v) is 7.39. The van der Waals surface area contributed by atoms with Gasteiger partial charge < -0.3 is 5.32 Å². The maximum absolute atomic E-state index is 12.1. The van der Waals surface area contributed by atoms with Crippen LogP contribution >= 0.6 is 23.1 Å². The Morgan fingerprint density at radius 2 is 1.88 bits per heavy atom. The predicted octanol–water partition coefficient (Wildman–Crippen LogP) is 4.62. The van der Waals surface area contributed by atoms with E-state index in [1.807, 2.05) is 31.2 Å². The first-order valence-electron chi connectivity index (χ1n) is 7.57. The van der Waals surface area contributed by atoms with Crippen LogP contribution in [-0.2, 0) is 4.79 Å². The minimum absolute atomic E-state index is 0.0891. The van der Waals surface area contributed by atoms with E-state index in [4.69, 9.17) is 0 Å². The number of thioether (sulfide) groups is 1. The van der Waals surface area contributed by atoms with Gasteiger partial charge in [0.25, 0.3) is 0 Å². The minimum atomic E-state index is -0.0891. The summed E-state index contributed by atoms with van der Waals surface area (Å²) in [7, 11) is 0. The van der Waals surface area contributed by atoms with Gasteiger partial charge in [0, 0.05) is 17.7 Å². The van der Waals surface area contributed by atoms with Crippen LogP contribution in [0.5, 0.6) is 0 Å². The number of thiazole rings is 1. The van der Waals surface area contributed by atoms with Crippen molar-refractivity contribution in [3.05, 3.63) is 54.1 Å². The molecule has 0 saturated heterocycles. The lowest BCUT2D eigenvalue weighted by Crippen LogP contribution is -2.14. The summed E-state index contributed by atoms with van der Waals surface area (Å²) in [5.41, 5.74) is 2.32. The molecule has 4 nitrogen and oxygen atoms in total. The topological polar surface area (TPSA) is 59.1 Å². The molecule has 0 aliphatic carbocycles. The molecule has 0 saturated carbocycles. The van der Waals surface area contributed by atoms with Crippen molar-refractivity contribution < 1.29 is 9.59 Å². The lowest BCUT2D eigenvalue weighted by atomic mass is 10.1. The smallest absolute Gasteiger partial charge is 0.234 e. The van der Waals surface area contributed by atoms with Crippen molar-refractivity contribution in [3.8, 4) is 0 Å². The van der Waals surface area contributed by atoms with E-state index in [0.717, 1.165) is 14.6 Å². The molecule has 1 amide bonds. The number of carbonyl (C=O) groups excluding carboxylic acids is 2. The van der Waals surface area contributed by atoms with Crippen LogP contribution in [0.3, 0.4) is 0 Å². The summed E-state index contributed by atoms with van der Waals surface area (Å²) in [5, 5.41) is 2.84. The molecule has 3 rings (SSSR count). The highest BCUT2D eigenvalue weighted by Gasteiger charge is 2.08. The SMILES string of the molecule is CCC(=O)c1ccc(NC(=O)CSc2nc3ccccc3s2)cc1. The van der Waals surface area contributed by atoms with E-state index in [2.05, 4.69) is 10.3 Å². The molecule has 3 aromatic rings. The molecular weight excluding hydrogens is 340 g/mol. The Morgan fingerprint density at radius 1 is 1.12 bits per heavy atom. The summed E-state index contributed by atoms with van der Waals surface area (Å²) in [4.78, 5) is 28.1. The average Bonchev–Trinajstić information content (AvgIpc) is 3.03. The van der Waals surface area contributed by atoms with Crippen molar-refractivity contribution in [2.24, 2.45) is 0 Å². The Kier molecular flexibility index (Phi) is 5.27. The van der Waals surface area contributed by atoms with Crippen LogP contribution in [0.1, 0.15) is 23.7 Å². The van der Waals surface area contributed by atoms with Crippen molar-refractivity contribution in [2.45, 2.75) is 17.7 Å². The predicted molar refractivity (Wildman–Crippen MR) is 100 cm³/mol. The van der Waals surface area contributed by atoms with Crippen molar-refractivity contribution in [3.63, 3.8) is 0 Å². The van der Waals surface area contributed by atoms with Crippen molar-refractivity contribution in [1.82, 2.24) is 4.98 Å². The van der Waals surface area contributed by atoms with Gasteiger partial charge in [0.1, 0.15) is 0 Å². The van der Waals surface area contributed by atoms with Crippen LogP contribution in [-0.4, -0.2) is 22.4 Å². The van der Waals surface area contributed by atoms with E-state index in [-0.39, 0.29) is 11.7 Å². The third kappa shape index (κ3) is 4.01. The molecule has 1 aromatic heterocycles. The minimum Gasteiger partial charge on any atom is -0.325 e. The highest BCUT2D eigenvalue weighted by atomic mass is 32.2. The summed E-state index contributed by atoms with van der Waals surface area (Å²) < 4.78 is 2.01. The molecule has 0 radical (unpaired) electrons. The number of hydrogen-bond acceptors (Lipinski definition) is 5. The summed E-state index contributed by atoms with van der Waals surface area (Å²) in [6, 6.07) is 14.9. The van der Waals surface area contributed by atoms with Crippen molar-refractivity contribution in [2.75, 3.05) is 11.1 Å². The largest absolute Gasteiger partial charge is 0.325 e. The zero-order chi connectivity index (χ0) is 16.9. The van der Waals surface area contributed by atoms with Gasteiger partial charge in [-0.2, -0.15) is 0 Å². The summed E-state index contributed by atoms with van der Waals surface area (Å²) in [6.07, 6.45) is 0.477. The van der Waals surface area contributed by atoms with Crippen molar-refractivity contribution in [1.29, 1.82) is 0 Å². The molecule has 0 spiro atoms. The van der Waals surface area contributed by atoms with Gasteiger partial charge in [-0.05, 0) is 36.4 Å². The second-order valence-electron chi connectivity index (χ2n) is 5.14. The van der Waals surface area contributed by atoms with Crippen LogP contribution in [0, 0.1) is 0 Å². The van der Waals surface area contributed by atoms with Crippen LogP contribution in [0.15, 0.2) is 52.9 Å². The van der Waals surface area contributed by atoms with Gasteiger partial charge >= 0.3 is 0 Å². The molecule has 2 aromatic carbocycles. The summed E-state index contributed by atoms with van der Waals surface area (Å²) >= 11 is 3.01. The number of fused-ring (bicyclic) bond motifs is 1. The summed E-state index contributed by atoms with van der Waals surface area (Å²) in [6.45, 7) is 1.83. The van der Waals surface area contributed by atoms with Crippen molar-refractivity contribution >= 4 is 50.7 Å². The lowest BCUT2D eigenvalue weighted by molar-refractivity contribution is -0.113. The fraction of sp³-hybridized carbons (Fsp3) is 0.167. The monoisotopic (exact) mass is 356 g/mol. The van der Waals surface area contributed by atoms with Crippen LogP contribution in [0.25, 0.3) is 10.2 Å². The molecule has 1 N–H and O–H groups in total. The van der Waals surface area contributed by atoms with Gasteiger partial charge in [0.05, 0.1) is 16.0 Å². The fourth-order valence-corrected chi connectivity index (χ4v) is 4.05. The van der Waals surface area contributed by atoms with Crippen LogP contribution in [0.2, 0.25) is 0 Å². The number of anilines is 1. The molecule has 0 atom stereocenters. The Bertz CT molecular complexity index is 839. The zero-order valence-electron chi connectivity index (χ0n) is 13.1. The zero-order valence-corrected chi connectivity index (χ0v) is 14.7. The van der Waals surface area contributed by atoms with Gasteiger partial charge in [-0.1, -0.05) is 30.8 Å². The lowest BCUT2D eigenvalue weighted by Gasteiger charge is -2.05. The fourth-order valence-electron chi connectivity index (χ4n) is 2.18. The highest BCUT2D eigenvalue weighted by molar-refractivity contribution is 8.01. The number of amides is 1. The van der Waals surface area contributed by atoms with Gasteiger partial charge in [0.15, 0.2) is 10.1 Å². The van der Waals surface area contributed by atoms with Crippen LogP contribution in [0.4, 0.5) is 5.69 Å². The average molecular weight is 356 g/mol.